The van der Waals surface area contributed by atoms with Gasteiger partial charge in [-0.15, -0.1) is 0 Å². The van der Waals surface area contributed by atoms with Crippen molar-refractivity contribution in [2.24, 2.45) is 0 Å². The minimum absolute atomic E-state index is 0.822. The van der Waals surface area contributed by atoms with E-state index in [1.165, 1.54) is 33.0 Å². The third-order valence-corrected chi connectivity index (χ3v) is 12.5. The Hall–Kier alpha value is -8.34. The number of nitrogens with zero attached hydrogens (tertiary/aromatic N) is 1. The molecule has 0 amide bonds. The molecule has 13 rings (SSSR count). The van der Waals surface area contributed by atoms with E-state index in [1.807, 2.05) is 18.2 Å². The molecule has 0 fully saturated rings. The molecule has 4 heteroatoms. The van der Waals surface area contributed by atoms with E-state index in [1.54, 1.807) is 0 Å². The van der Waals surface area contributed by atoms with Crippen LogP contribution in [0.2, 0.25) is 0 Å². The minimum Gasteiger partial charge on any atom is -0.456 e. The van der Waals surface area contributed by atoms with Gasteiger partial charge in [-0.2, -0.15) is 0 Å². The van der Waals surface area contributed by atoms with Gasteiger partial charge in [-0.3, -0.25) is 0 Å². The standard InChI is InChI=1S/C58H35NO3/c1-2-10-36(11-3-1)37-20-25-41(26-21-37)59(42-27-22-39(23-28-42)45-16-8-13-38-12-4-5-14-44(38)45)43-29-31-48-47-30-24-40(34-54(47)61-55(48)35-43)46-17-9-18-49-50-32-33-53-56(58(50)62-57(46)49)51-15-6-7-19-52(51)60-53/h1-35H. The SMILES string of the molecule is c1ccc(-c2ccc(N(c3ccc(-c4cccc5ccccc45)cc3)c3ccc4c(c3)oc3cc(-c5cccc6c5oc5c6ccc6oc7ccccc7c65)ccc34)cc2)cc1. The Morgan fingerprint density at radius 1 is 0.274 bits per heavy atom. The lowest BCUT2D eigenvalue weighted by Gasteiger charge is -2.26. The van der Waals surface area contributed by atoms with Crippen LogP contribution < -0.4 is 4.90 Å². The van der Waals surface area contributed by atoms with E-state index in [2.05, 4.69) is 199 Å². The molecule has 62 heavy (non-hydrogen) atoms. The first-order chi connectivity index (χ1) is 30.7. The van der Waals surface area contributed by atoms with Crippen molar-refractivity contribution in [2.75, 3.05) is 4.90 Å². The van der Waals surface area contributed by atoms with Crippen LogP contribution in [0.25, 0.3) is 110 Å². The Kier molecular flexibility index (Phi) is 7.57. The maximum absolute atomic E-state index is 6.80. The number of benzene rings is 10. The molecule has 0 aliphatic carbocycles. The van der Waals surface area contributed by atoms with Gasteiger partial charge in [-0.05, 0) is 105 Å². The molecule has 0 atom stereocenters. The fourth-order valence-corrected chi connectivity index (χ4v) is 9.51. The summed E-state index contributed by atoms with van der Waals surface area (Å²) in [4.78, 5) is 2.31. The first-order valence-corrected chi connectivity index (χ1v) is 21.0. The number of hydrogen-bond donors (Lipinski definition) is 0. The molecule has 0 saturated carbocycles. The van der Waals surface area contributed by atoms with E-state index >= 15 is 0 Å². The highest BCUT2D eigenvalue weighted by Gasteiger charge is 2.20. The van der Waals surface area contributed by atoms with E-state index in [0.717, 1.165) is 94.0 Å². The summed E-state index contributed by atoms with van der Waals surface area (Å²) in [6.45, 7) is 0. The predicted molar refractivity (Wildman–Crippen MR) is 257 cm³/mol. The van der Waals surface area contributed by atoms with Crippen LogP contribution in [-0.4, -0.2) is 0 Å². The Balaban J connectivity index is 0.916. The van der Waals surface area contributed by atoms with Crippen molar-refractivity contribution >= 4 is 93.7 Å². The quantitative estimate of drug-likeness (QED) is 0.168. The van der Waals surface area contributed by atoms with Gasteiger partial charge < -0.3 is 18.2 Å². The van der Waals surface area contributed by atoms with Crippen molar-refractivity contribution in [3.63, 3.8) is 0 Å². The molecule has 10 aromatic carbocycles. The summed E-state index contributed by atoms with van der Waals surface area (Å²) in [6, 6.07) is 75.0. The Morgan fingerprint density at radius 3 is 1.68 bits per heavy atom. The highest BCUT2D eigenvalue weighted by Crippen LogP contribution is 2.44. The number of rotatable bonds is 6. The van der Waals surface area contributed by atoms with Gasteiger partial charge in [0.2, 0.25) is 0 Å². The zero-order chi connectivity index (χ0) is 40.7. The molecule has 3 heterocycles. The summed E-state index contributed by atoms with van der Waals surface area (Å²) in [7, 11) is 0. The first-order valence-electron chi connectivity index (χ1n) is 21.0. The second kappa shape index (κ2) is 13.6. The average molecular weight is 794 g/mol. The smallest absolute Gasteiger partial charge is 0.147 e. The van der Waals surface area contributed by atoms with Crippen LogP contribution in [0.5, 0.6) is 0 Å². The number of fused-ring (bicyclic) bond motifs is 11. The summed E-state index contributed by atoms with van der Waals surface area (Å²) in [5, 5.41) is 8.81. The minimum atomic E-state index is 0.822. The van der Waals surface area contributed by atoms with Crippen LogP contribution >= 0.6 is 0 Å². The van der Waals surface area contributed by atoms with Crippen molar-refractivity contribution in [1.29, 1.82) is 0 Å². The zero-order valence-electron chi connectivity index (χ0n) is 33.4. The number of hydrogen-bond acceptors (Lipinski definition) is 4. The summed E-state index contributed by atoms with van der Waals surface area (Å²) >= 11 is 0. The summed E-state index contributed by atoms with van der Waals surface area (Å²) in [5.41, 5.74) is 14.9. The maximum Gasteiger partial charge on any atom is 0.147 e. The lowest BCUT2D eigenvalue weighted by molar-refractivity contribution is 0.663. The van der Waals surface area contributed by atoms with Crippen molar-refractivity contribution in [2.45, 2.75) is 0 Å². The molecule has 0 saturated heterocycles. The highest BCUT2D eigenvalue weighted by atomic mass is 16.3. The van der Waals surface area contributed by atoms with Gasteiger partial charge in [-0.1, -0.05) is 140 Å². The third kappa shape index (κ3) is 5.40. The molecule has 0 bridgehead atoms. The number of furan rings is 3. The molecular formula is C58H35NO3. The Labute approximate surface area is 356 Å². The summed E-state index contributed by atoms with van der Waals surface area (Å²) in [5.74, 6) is 0. The fraction of sp³-hybridized carbons (Fsp3) is 0. The van der Waals surface area contributed by atoms with Gasteiger partial charge in [0.05, 0.1) is 5.39 Å². The van der Waals surface area contributed by atoms with Crippen LogP contribution in [0.1, 0.15) is 0 Å². The molecule has 290 valence electrons. The molecule has 4 nitrogen and oxygen atoms in total. The van der Waals surface area contributed by atoms with Gasteiger partial charge in [0.25, 0.3) is 0 Å². The molecular weight excluding hydrogens is 759 g/mol. The van der Waals surface area contributed by atoms with Crippen molar-refractivity contribution in [3.8, 4) is 33.4 Å². The van der Waals surface area contributed by atoms with E-state index in [0.29, 0.717) is 0 Å². The van der Waals surface area contributed by atoms with E-state index < -0.39 is 0 Å². The number of anilines is 3. The Morgan fingerprint density at radius 2 is 0.839 bits per heavy atom. The van der Waals surface area contributed by atoms with Crippen LogP contribution in [-0.2, 0) is 0 Å². The van der Waals surface area contributed by atoms with Gasteiger partial charge in [0, 0.05) is 55.6 Å². The monoisotopic (exact) mass is 793 g/mol. The van der Waals surface area contributed by atoms with Gasteiger partial charge in [-0.25, -0.2) is 0 Å². The molecule has 0 N–H and O–H groups in total. The summed E-state index contributed by atoms with van der Waals surface area (Å²) in [6.07, 6.45) is 0. The van der Waals surface area contributed by atoms with Crippen LogP contribution in [0.3, 0.4) is 0 Å². The predicted octanol–water partition coefficient (Wildman–Crippen LogP) is 17.0. The van der Waals surface area contributed by atoms with Gasteiger partial charge >= 0.3 is 0 Å². The lowest BCUT2D eigenvalue weighted by atomic mass is 9.98. The van der Waals surface area contributed by atoms with Crippen molar-refractivity contribution in [1.82, 2.24) is 0 Å². The summed E-state index contributed by atoms with van der Waals surface area (Å²) < 4.78 is 19.8. The first kappa shape index (κ1) is 34.5. The van der Waals surface area contributed by atoms with Gasteiger partial charge in [0.15, 0.2) is 0 Å². The molecule has 3 aromatic heterocycles. The second-order valence-corrected chi connectivity index (χ2v) is 16.0. The topological polar surface area (TPSA) is 42.7 Å². The van der Waals surface area contributed by atoms with E-state index in [4.69, 9.17) is 13.3 Å². The maximum atomic E-state index is 6.80. The van der Waals surface area contributed by atoms with Crippen LogP contribution in [0, 0.1) is 0 Å². The molecule has 0 aliphatic rings. The van der Waals surface area contributed by atoms with Crippen LogP contribution in [0.4, 0.5) is 17.1 Å². The fourth-order valence-electron chi connectivity index (χ4n) is 9.51. The normalized spacial score (nSPS) is 11.9. The van der Waals surface area contributed by atoms with Crippen molar-refractivity contribution in [3.05, 3.63) is 212 Å². The third-order valence-electron chi connectivity index (χ3n) is 12.5. The van der Waals surface area contributed by atoms with Crippen LogP contribution in [0.15, 0.2) is 226 Å². The van der Waals surface area contributed by atoms with E-state index in [-0.39, 0.29) is 0 Å². The molecule has 0 radical (unpaired) electrons. The van der Waals surface area contributed by atoms with E-state index in [9.17, 15) is 0 Å². The highest BCUT2D eigenvalue weighted by molar-refractivity contribution is 6.23. The van der Waals surface area contributed by atoms with Crippen molar-refractivity contribution < 1.29 is 13.3 Å². The second-order valence-electron chi connectivity index (χ2n) is 16.0. The van der Waals surface area contributed by atoms with Gasteiger partial charge in [0.1, 0.15) is 33.5 Å². The molecule has 0 spiro atoms. The zero-order valence-corrected chi connectivity index (χ0v) is 33.4. The molecule has 0 aliphatic heterocycles. The molecule has 0 unspecified atom stereocenters. The molecule has 13 aromatic rings. The largest absolute Gasteiger partial charge is 0.456 e. The average Bonchev–Trinajstić information content (AvgIpc) is 4.03. The Bertz CT molecular complexity index is 3850. The lowest BCUT2D eigenvalue weighted by Crippen LogP contribution is -2.09. The number of para-hydroxylation sites is 2.